The number of hydrogen-bond donors (Lipinski definition) is 4. The third-order valence-corrected chi connectivity index (χ3v) is 3.56. The summed E-state index contributed by atoms with van der Waals surface area (Å²) in [6, 6.07) is 8.05. The lowest BCUT2D eigenvalue weighted by atomic mass is 10.1. The highest BCUT2D eigenvalue weighted by atomic mass is 16.4. The predicted octanol–water partition coefficient (Wildman–Crippen LogP) is 0.734. The van der Waals surface area contributed by atoms with Crippen molar-refractivity contribution in [3.63, 3.8) is 0 Å². The highest BCUT2D eigenvalue weighted by Gasteiger charge is 2.22. The molecule has 0 saturated carbocycles. The van der Waals surface area contributed by atoms with Crippen LogP contribution in [-0.2, 0) is 11.2 Å². The van der Waals surface area contributed by atoms with Gasteiger partial charge in [-0.05, 0) is 31.5 Å². The molecule has 1 atom stereocenters. The van der Waals surface area contributed by atoms with Crippen LogP contribution in [0, 0.1) is 0 Å². The van der Waals surface area contributed by atoms with Gasteiger partial charge in [0.05, 0.1) is 0 Å². The van der Waals surface area contributed by atoms with Gasteiger partial charge < -0.3 is 21.1 Å². The summed E-state index contributed by atoms with van der Waals surface area (Å²) >= 11 is 0. The number of aliphatic carboxylic acids is 1. The van der Waals surface area contributed by atoms with Crippen LogP contribution in [-0.4, -0.2) is 42.3 Å². The predicted molar refractivity (Wildman–Crippen MR) is 79.1 cm³/mol. The van der Waals surface area contributed by atoms with Crippen molar-refractivity contribution >= 4 is 12.0 Å². The summed E-state index contributed by atoms with van der Waals surface area (Å²) in [7, 11) is 0. The topological polar surface area (TPSA) is 90.5 Å². The van der Waals surface area contributed by atoms with Gasteiger partial charge in [0.2, 0.25) is 0 Å². The van der Waals surface area contributed by atoms with E-state index in [1.54, 1.807) is 0 Å². The normalized spacial score (nSPS) is 17.0. The van der Waals surface area contributed by atoms with Gasteiger partial charge >= 0.3 is 12.0 Å². The molecule has 2 rings (SSSR count). The third kappa shape index (κ3) is 5.07. The number of nitrogens with one attached hydrogen (secondary N) is 3. The van der Waals surface area contributed by atoms with Crippen LogP contribution in [0.2, 0.25) is 0 Å². The summed E-state index contributed by atoms with van der Waals surface area (Å²) < 4.78 is 0. The molecule has 1 heterocycles. The molecular formula is C15H21N3O3. The van der Waals surface area contributed by atoms with Crippen LogP contribution < -0.4 is 16.0 Å². The largest absolute Gasteiger partial charge is 0.480 e. The van der Waals surface area contributed by atoms with Gasteiger partial charge in [0, 0.05) is 12.5 Å². The van der Waals surface area contributed by atoms with Gasteiger partial charge in [-0.3, -0.25) is 0 Å². The van der Waals surface area contributed by atoms with Crippen molar-refractivity contribution in [2.75, 3.05) is 13.1 Å². The Hall–Kier alpha value is -2.08. The average Bonchev–Trinajstić information content (AvgIpc) is 2.48. The summed E-state index contributed by atoms with van der Waals surface area (Å²) in [5.41, 5.74) is 0.882. The number of urea groups is 1. The number of hydrogen-bond acceptors (Lipinski definition) is 3. The van der Waals surface area contributed by atoms with Crippen molar-refractivity contribution in [3.8, 4) is 0 Å². The molecule has 1 aliphatic rings. The van der Waals surface area contributed by atoms with E-state index in [0.29, 0.717) is 0 Å². The minimum Gasteiger partial charge on any atom is -0.480 e. The van der Waals surface area contributed by atoms with Crippen molar-refractivity contribution in [2.45, 2.75) is 31.3 Å². The van der Waals surface area contributed by atoms with E-state index in [0.717, 1.165) is 31.5 Å². The lowest BCUT2D eigenvalue weighted by Gasteiger charge is -2.24. The maximum atomic E-state index is 11.9. The molecule has 4 N–H and O–H groups in total. The van der Waals surface area contributed by atoms with Gasteiger partial charge in [-0.1, -0.05) is 30.3 Å². The van der Waals surface area contributed by atoms with E-state index < -0.39 is 18.0 Å². The fraction of sp³-hybridized carbons (Fsp3) is 0.467. The number of carboxylic acids is 1. The maximum Gasteiger partial charge on any atom is 0.326 e. The molecule has 0 bridgehead atoms. The Labute approximate surface area is 123 Å². The Kier molecular flexibility index (Phi) is 5.57. The second-order valence-electron chi connectivity index (χ2n) is 5.22. The molecule has 2 amide bonds. The van der Waals surface area contributed by atoms with E-state index >= 15 is 0 Å². The molecule has 0 radical (unpaired) electrons. The Morgan fingerprint density at radius 1 is 1.24 bits per heavy atom. The van der Waals surface area contributed by atoms with Gasteiger partial charge in [0.25, 0.3) is 0 Å². The molecule has 1 aromatic carbocycles. The Bertz CT molecular complexity index is 472. The zero-order chi connectivity index (χ0) is 15.1. The fourth-order valence-electron chi connectivity index (χ4n) is 2.40. The number of benzene rings is 1. The van der Waals surface area contributed by atoms with Gasteiger partial charge in [0.1, 0.15) is 6.04 Å². The van der Waals surface area contributed by atoms with Crippen LogP contribution in [0.3, 0.4) is 0 Å². The van der Waals surface area contributed by atoms with E-state index in [2.05, 4.69) is 16.0 Å². The standard InChI is InChI=1S/C15H21N3O3/c19-14(20)13(10-11-4-2-1-3-5-11)18-15(21)17-12-6-8-16-9-7-12/h1-5,12-13,16H,6-10H2,(H,19,20)(H2,17,18,21). The van der Waals surface area contributed by atoms with Crippen LogP contribution in [0.25, 0.3) is 0 Å². The van der Waals surface area contributed by atoms with Crippen molar-refractivity contribution in [1.29, 1.82) is 0 Å². The highest BCUT2D eigenvalue weighted by Crippen LogP contribution is 2.05. The first-order valence-electron chi connectivity index (χ1n) is 7.19. The van der Waals surface area contributed by atoms with E-state index in [9.17, 15) is 14.7 Å². The summed E-state index contributed by atoms with van der Waals surface area (Å²) in [5.74, 6) is -1.03. The molecule has 1 unspecified atom stereocenters. The first-order valence-corrected chi connectivity index (χ1v) is 7.19. The minimum atomic E-state index is -1.03. The molecule has 21 heavy (non-hydrogen) atoms. The van der Waals surface area contributed by atoms with Crippen LogP contribution in [0.4, 0.5) is 4.79 Å². The molecule has 0 aliphatic carbocycles. The van der Waals surface area contributed by atoms with Crippen molar-refractivity contribution in [3.05, 3.63) is 35.9 Å². The van der Waals surface area contributed by atoms with Crippen LogP contribution in [0.15, 0.2) is 30.3 Å². The fourth-order valence-corrected chi connectivity index (χ4v) is 2.40. The number of piperidine rings is 1. The molecule has 6 nitrogen and oxygen atoms in total. The second kappa shape index (κ2) is 7.64. The summed E-state index contributed by atoms with van der Waals surface area (Å²) in [6.07, 6.45) is 2.00. The molecule has 0 aromatic heterocycles. The molecule has 114 valence electrons. The average molecular weight is 291 g/mol. The molecular weight excluding hydrogens is 270 g/mol. The Morgan fingerprint density at radius 3 is 2.52 bits per heavy atom. The zero-order valence-electron chi connectivity index (χ0n) is 11.8. The van der Waals surface area contributed by atoms with E-state index in [-0.39, 0.29) is 12.5 Å². The SMILES string of the molecule is O=C(NC1CCNCC1)NC(Cc1ccccc1)C(=O)O. The number of carboxylic acid groups (broad SMARTS) is 1. The lowest BCUT2D eigenvalue weighted by molar-refractivity contribution is -0.139. The van der Waals surface area contributed by atoms with Crippen LogP contribution in [0.5, 0.6) is 0 Å². The first kappa shape index (κ1) is 15.3. The van der Waals surface area contributed by atoms with Gasteiger partial charge in [0.15, 0.2) is 0 Å². The van der Waals surface area contributed by atoms with Crippen molar-refractivity contribution in [1.82, 2.24) is 16.0 Å². The highest BCUT2D eigenvalue weighted by molar-refractivity contribution is 5.82. The Morgan fingerprint density at radius 2 is 1.90 bits per heavy atom. The number of amides is 2. The summed E-state index contributed by atoms with van der Waals surface area (Å²) in [6.45, 7) is 1.74. The molecule has 1 fully saturated rings. The molecule has 1 aliphatic heterocycles. The van der Waals surface area contributed by atoms with E-state index in [4.69, 9.17) is 0 Å². The van der Waals surface area contributed by atoms with Gasteiger partial charge in [-0.25, -0.2) is 9.59 Å². The first-order chi connectivity index (χ1) is 10.1. The summed E-state index contributed by atoms with van der Waals surface area (Å²) in [5, 5.41) is 17.8. The van der Waals surface area contributed by atoms with Gasteiger partial charge in [-0.15, -0.1) is 0 Å². The van der Waals surface area contributed by atoms with Crippen LogP contribution in [0.1, 0.15) is 18.4 Å². The molecule has 6 heteroatoms. The smallest absolute Gasteiger partial charge is 0.326 e. The zero-order valence-corrected chi connectivity index (χ0v) is 11.8. The molecule has 0 spiro atoms. The van der Waals surface area contributed by atoms with Crippen molar-refractivity contribution < 1.29 is 14.7 Å². The molecule has 1 saturated heterocycles. The lowest BCUT2D eigenvalue weighted by Crippen LogP contribution is -2.51. The summed E-state index contributed by atoms with van der Waals surface area (Å²) in [4.78, 5) is 23.2. The van der Waals surface area contributed by atoms with Gasteiger partial charge in [-0.2, -0.15) is 0 Å². The number of carbonyl (C=O) groups excluding carboxylic acids is 1. The van der Waals surface area contributed by atoms with E-state index in [1.165, 1.54) is 0 Å². The quantitative estimate of drug-likeness (QED) is 0.644. The van der Waals surface area contributed by atoms with Crippen molar-refractivity contribution in [2.24, 2.45) is 0 Å². The monoisotopic (exact) mass is 291 g/mol. The maximum absolute atomic E-state index is 11.9. The third-order valence-electron chi connectivity index (χ3n) is 3.56. The van der Waals surface area contributed by atoms with E-state index in [1.807, 2.05) is 30.3 Å². The number of carbonyl (C=O) groups is 2. The second-order valence-corrected chi connectivity index (χ2v) is 5.22. The minimum absolute atomic E-state index is 0.109. The van der Waals surface area contributed by atoms with Crippen LogP contribution >= 0.6 is 0 Å². The Balaban J connectivity index is 1.86. The molecule has 1 aromatic rings. The number of rotatable bonds is 5.